The van der Waals surface area contributed by atoms with Crippen LogP contribution in [0.15, 0.2) is 30.3 Å². The summed E-state index contributed by atoms with van der Waals surface area (Å²) in [4.78, 5) is 2.74. The largest absolute Gasteiger partial charge is 0.312 e. The van der Waals surface area contributed by atoms with Crippen molar-refractivity contribution in [3.05, 3.63) is 35.9 Å². The van der Waals surface area contributed by atoms with Crippen LogP contribution in [0, 0.1) is 11.8 Å². The van der Waals surface area contributed by atoms with Crippen LogP contribution in [0.4, 0.5) is 0 Å². The van der Waals surface area contributed by atoms with E-state index in [1.165, 1.54) is 57.4 Å². The lowest BCUT2D eigenvalue weighted by molar-refractivity contribution is 0.206. The van der Waals surface area contributed by atoms with Crippen molar-refractivity contribution in [1.82, 2.24) is 10.2 Å². The minimum Gasteiger partial charge on any atom is -0.312 e. The van der Waals surface area contributed by atoms with E-state index in [1.54, 1.807) is 0 Å². The Labute approximate surface area is 129 Å². The second-order valence-corrected chi connectivity index (χ2v) is 7.12. The van der Waals surface area contributed by atoms with E-state index >= 15 is 0 Å². The van der Waals surface area contributed by atoms with Gasteiger partial charge in [0.1, 0.15) is 0 Å². The molecule has 1 aromatic carbocycles. The van der Waals surface area contributed by atoms with Gasteiger partial charge in [0.25, 0.3) is 0 Å². The Bertz CT molecular complexity index is 417. The summed E-state index contributed by atoms with van der Waals surface area (Å²) in [5.41, 5.74) is 1.46. The van der Waals surface area contributed by atoms with Gasteiger partial charge in [-0.15, -0.1) is 0 Å². The summed E-state index contributed by atoms with van der Waals surface area (Å²) >= 11 is 0. The molecule has 0 amide bonds. The maximum Gasteiger partial charge on any atom is 0.0235 e. The zero-order valence-electron chi connectivity index (χ0n) is 13.4. The van der Waals surface area contributed by atoms with E-state index in [2.05, 4.69) is 47.5 Å². The number of benzene rings is 1. The molecule has 1 aliphatic carbocycles. The third-order valence-corrected chi connectivity index (χ3v) is 5.42. The minimum absolute atomic E-state index is 0.617. The predicted octanol–water partition coefficient (Wildman–Crippen LogP) is 3.33. The Morgan fingerprint density at radius 3 is 2.76 bits per heavy atom. The Hall–Kier alpha value is -0.860. The fourth-order valence-corrected chi connectivity index (χ4v) is 4.10. The van der Waals surface area contributed by atoms with Crippen LogP contribution in [0.5, 0.6) is 0 Å². The lowest BCUT2D eigenvalue weighted by Crippen LogP contribution is -2.41. The standard InChI is InChI=1S/C19H30N2/c1-16-7-5-10-18(16)14-21-12-6-11-20-19(15-21)13-17-8-3-2-4-9-17/h2-4,8-9,16,18-20H,5-7,10-15H2,1H3. The highest BCUT2D eigenvalue weighted by atomic mass is 15.2. The monoisotopic (exact) mass is 286 g/mol. The third kappa shape index (κ3) is 4.31. The maximum atomic E-state index is 3.75. The van der Waals surface area contributed by atoms with Gasteiger partial charge in [-0.2, -0.15) is 0 Å². The summed E-state index contributed by atoms with van der Waals surface area (Å²) in [5.74, 6) is 1.88. The van der Waals surface area contributed by atoms with E-state index < -0.39 is 0 Å². The first-order valence-electron chi connectivity index (χ1n) is 8.81. The van der Waals surface area contributed by atoms with Gasteiger partial charge in [-0.05, 0) is 49.8 Å². The molecule has 0 radical (unpaired) electrons. The molecular weight excluding hydrogens is 256 g/mol. The van der Waals surface area contributed by atoms with Crippen LogP contribution in [0.25, 0.3) is 0 Å². The number of nitrogens with zero attached hydrogens (tertiary/aromatic N) is 1. The fourth-order valence-electron chi connectivity index (χ4n) is 4.10. The number of rotatable bonds is 4. The van der Waals surface area contributed by atoms with Crippen molar-refractivity contribution in [2.24, 2.45) is 11.8 Å². The van der Waals surface area contributed by atoms with Crippen LogP contribution >= 0.6 is 0 Å². The molecule has 1 saturated carbocycles. The van der Waals surface area contributed by atoms with Gasteiger partial charge in [0.15, 0.2) is 0 Å². The molecule has 21 heavy (non-hydrogen) atoms. The summed E-state index contributed by atoms with van der Waals surface area (Å²) in [7, 11) is 0. The van der Waals surface area contributed by atoms with Gasteiger partial charge >= 0.3 is 0 Å². The van der Waals surface area contributed by atoms with E-state index in [4.69, 9.17) is 0 Å². The van der Waals surface area contributed by atoms with Gasteiger partial charge in [0.05, 0.1) is 0 Å². The highest BCUT2D eigenvalue weighted by molar-refractivity contribution is 5.16. The van der Waals surface area contributed by atoms with Gasteiger partial charge in [-0.3, -0.25) is 0 Å². The summed E-state index contributed by atoms with van der Waals surface area (Å²) in [6.45, 7) is 7.46. The average molecular weight is 286 g/mol. The molecule has 3 atom stereocenters. The molecule has 3 unspecified atom stereocenters. The van der Waals surface area contributed by atoms with Crippen LogP contribution < -0.4 is 5.32 Å². The predicted molar refractivity (Wildman–Crippen MR) is 89.5 cm³/mol. The summed E-state index contributed by atoms with van der Waals surface area (Å²) < 4.78 is 0. The first kappa shape index (κ1) is 15.1. The van der Waals surface area contributed by atoms with Crippen molar-refractivity contribution in [1.29, 1.82) is 0 Å². The lowest BCUT2D eigenvalue weighted by atomic mass is 9.97. The van der Waals surface area contributed by atoms with Crippen molar-refractivity contribution in [3.8, 4) is 0 Å². The molecule has 1 N–H and O–H groups in total. The highest BCUT2D eigenvalue weighted by Gasteiger charge is 2.27. The van der Waals surface area contributed by atoms with Gasteiger partial charge < -0.3 is 10.2 Å². The molecule has 1 saturated heterocycles. The van der Waals surface area contributed by atoms with Crippen molar-refractivity contribution in [2.45, 2.75) is 45.1 Å². The van der Waals surface area contributed by atoms with Crippen molar-refractivity contribution in [2.75, 3.05) is 26.2 Å². The van der Waals surface area contributed by atoms with Gasteiger partial charge in [0, 0.05) is 19.1 Å². The van der Waals surface area contributed by atoms with Gasteiger partial charge in [0.2, 0.25) is 0 Å². The molecule has 1 aromatic rings. The number of nitrogens with one attached hydrogen (secondary N) is 1. The van der Waals surface area contributed by atoms with Gasteiger partial charge in [-0.1, -0.05) is 50.1 Å². The quantitative estimate of drug-likeness (QED) is 0.913. The van der Waals surface area contributed by atoms with E-state index in [9.17, 15) is 0 Å². The zero-order valence-corrected chi connectivity index (χ0v) is 13.4. The molecule has 0 spiro atoms. The van der Waals surface area contributed by atoms with Crippen molar-refractivity contribution in [3.63, 3.8) is 0 Å². The van der Waals surface area contributed by atoms with E-state index in [0.29, 0.717) is 6.04 Å². The fraction of sp³-hybridized carbons (Fsp3) is 0.684. The topological polar surface area (TPSA) is 15.3 Å². The molecule has 0 bridgehead atoms. The maximum absolute atomic E-state index is 3.75. The van der Waals surface area contributed by atoms with E-state index in [0.717, 1.165) is 18.3 Å². The molecule has 1 aliphatic heterocycles. The number of hydrogen-bond donors (Lipinski definition) is 1. The molecule has 2 heteroatoms. The smallest absolute Gasteiger partial charge is 0.0235 e. The summed E-state index contributed by atoms with van der Waals surface area (Å²) in [5, 5.41) is 3.75. The molecular formula is C19H30N2. The van der Waals surface area contributed by atoms with Crippen LogP contribution in [0.3, 0.4) is 0 Å². The molecule has 2 fully saturated rings. The molecule has 3 rings (SSSR count). The normalized spacial score (nSPS) is 31.2. The number of hydrogen-bond acceptors (Lipinski definition) is 2. The Balaban J connectivity index is 1.55. The lowest BCUT2D eigenvalue weighted by Gasteiger charge is -2.28. The summed E-state index contributed by atoms with van der Waals surface area (Å²) in [6.07, 6.45) is 6.81. The third-order valence-electron chi connectivity index (χ3n) is 5.42. The first-order chi connectivity index (χ1) is 10.3. The van der Waals surface area contributed by atoms with Crippen molar-refractivity contribution >= 4 is 0 Å². The molecule has 2 aliphatic rings. The van der Waals surface area contributed by atoms with E-state index in [1.807, 2.05) is 0 Å². The molecule has 0 aromatic heterocycles. The average Bonchev–Trinajstić information content (AvgIpc) is 2.76. The molecule has 116 valence electrons. The van der Waals surface area contributed by atoms with Gasteiger partial charge in [-0.25, -0.2) is 0 Å². The SMILES string of the molecule is CC1CCCC1CN1CCCNC(Cc2ccccc2)C1. The molecule has 2 nitrogen and oxygen atoms in total. The first-order valence-corrected chi connectivity index (χ1v) is 8.81. The highest BCUT2D eigenvalue weighted by Crippen LogP contribution is 2.31. The second-order valence-electron chi connectivity index (χ2n) is 7.12. The minimum atomic E-state index is 0.617. The van der Waals surface area contributed by atoms with Crippen LogP contribution in [0.1, 0.15) is 38.2 Å². The van der Waals surface area contributed by atoms with Crippen molar-refractivity contribution < 1.29 is 0 Å². The Morgan fingerprint density at radius 2 is 2.00 bits per heavy atom. The Morgan fingerprint density at radius 1 is 1.14 bits per heavy atom. The zero-order chi connectivity index (χ0) is 14.5. The van der Waals surface area contributed by atoms with Crippen LogP contribution in [-0.4, -0.2) is 37.1 Å². The second kappa shape index (κ2) is 7.42. The van der Waals surface area contributed by atoms with Crippen LogP contribution in [0.2, 0.25) is 0 Å². The summed E-state index contributed by atoms with van der Waals surface area (Å²) in [6, 6.07) is 11.6. The Kier molecular flexibility index (Phi) is 5.32. The van der Waals surface area contributed by atoms with E-state index in [-0.39, 0.29) is 0 Å². The van der Waals surface area contributed by atoms with Crippen LogP contribution in [-0.2, 0) is 6.42 Å². The molecule has 1 heterocycles.